The molecule has 2 saturated heterocycles. The molecule has 7 rings (SSSR count). The van der Waals surface area contributed by atoms with Crippen LogP contribution >= 0.6 is 0 Å². The fourth-order valence-electron chi connectivity index (χ4n) is 6.46. The number of rotatable bonds is 6. The van der Waals surface area contributed by atoms with Crippen molar-refractivity contribution >= 4 is 28.6 Å². The number of carbonyl (C=O) groups is 3. The zero-order chi connectivity index (χ0) is 27.4. The second kappa shape index (κ2) is 9.98. The van der Waals surface area contributed by atoms with Gasteiger partial charge in [-0.15, -0.1) is 0 Å². The number of ether oxygens (including phenoxy) is 1. The molecule has 3 aromatic rings. The number of hydrogen-bond acceptors (Lipinski definition) is 7. The number of hydrogen-bond donors (Lipinski definition) is 2. The molecular weight excluding hydrogens is 508 g/mol. The average molecular weight is 541 g/mol. The lowest BCUT2D eigenvalue weighted by Crippen LogP contribution is -2.52. The molecule has 1 saturated carbocycles. The number of benzene rings is 2. The van der Waals surface area contributed by atoms with Crippen molar-refractivity contribution in [1.82, 2.24) is 20.1 Å². The van der Waals surface area contributed by atoms with E-state index < -0.39 is 11.9 Å². The Balaban J connectivity index is 0.961. The molecule has 0 spiro atoms. The first-order valence-corrected chi connectivity index (χ1v) is 14.1. The number of aliphatic hydroxyl groups is 1. The Hall–Kier alpha value is -3.82. The number of nitrogens with zero attached hydrogens (tertiary/aromatic N) is 3. The Morgan fingerprint density at radius 1 is 1.02 bits per heavy atom. The van der Waals surface area contributed by atoms with Crippen molar-refractivity contribution in [1.29, 1.82) is 0 Å². The van der Waals surface area contributed by atoms with E-state index >= 15 is 0 Å². The minimum absolute atomic E-state index is 0.0592. The van der Waals surface area contributed by atoms with Crippen LogP contribution in [0.3, 0.4) is 0 Å². The van der Waals surface area contributed by atoms with Crippen molar-refractivity contribution in [3.05, 3.63) is 70.9 Å². The van der Waals surface area contributed by atoms with Gasteiger partial charge in [0, 0.05) is 55.2 Å². The van der Waals surface area contributed by atoms with E-state index in [1.165, 1.54) is 5.56 Å². The van der Waals surface area contributed by atoms with Gasteiger partial charge in [0.25, 0.3) is 5.91 Å². The van der Waals surface area contributed by atoms with Gasteiger partial charge in [-0.05, 0) is 73.2 Å². The normalized spacial score (nSPS) is 26.6. The summed E-state index contributed by atoms with van der Waals surface area (Å²) in [7, 11) is 0. The summed E-state index contributed by atoms with van der Waals surface area (Å²) in [6.45, 7) is 2.94. The number of aliphatic hydroxyl groups excluding tert-OH is 1. The predicted octanol–water partition coefficient (Wildman–Crippen LogP) is 2.89. The number of amides is 3. The lowest BCUT2D eigenvalue weighted by molar-refractivity contribution is -0.136. The molecule has 3 amide bonds. The van der Waals surface area contributed by atoms with E-state index in [0.717, 1.165) is 66.8 Å². The highest BCUT2D eigenvalue weighted by Crippen LogP contribution is 2.36. The largest absolute Gasteiger partial charge is 0.489 e. The van der Waals surface area contributed by atoms with E-state index in [1.807, 2.05) is 12.1 Å². The molecule has 2 atom stereocenters. The van der Waals surface area contributed by atoms with E-state index in [0.29, 0.717) is 24.4 Å². The minimum Gasteiger partial charge on any atom is -0.489 e. The molecule has 2 aromatic carbocycles. The van der Waals surface area contributed by atoms with Gasteiger partial charge in [0.15, 0.2) is 0 Å². The molecule has 9 nitrogen and oxygen atoms in total. The highest BCUT2D eigenvalue weighted by atomic mass is 16.5. The van der Waals surface area contributed by atoms with Crippen LogP contribution in [0.2, 0.25) is 0 Å². The second-order valence-corrected chi connectivity index (χ2v) is 11.6. The number of pyridine rings is 1. The number of carbonyl (C=O) groups excluding carboxylic acids is 3. The molecule has 3 fully saturated rings. The van der Waals surface area contributed by atoms with Crippen LogP contribution in [-0.4, -0.2) is 69.0 Å². The number of aromatic nitrogens is 1. The first kappa shape index (κ1) is 25.2. The third-order valence-electron chi connectivity index (χ3n) is 8.74. The number of likely N-dealkylation sites (tertiary alicyclic amines) is 1. The molecule has 0 bridgehead atoms. The highest BCUT2D eigenvalue weighted by Gasteiger charge is 2.39. The maximum absolute atomic E-state index is 13.0. The topological polar surface area (TPSA) is 112 Å². The van der Waals surface area contributed by atoms with Crippen LogP contribution in [0.5, 0.6) is 5.75 Å². The quantitative estimate of drug-likeness (QED) is 0.463. The fraction of sp³-hybridized carbons (Fsp3) is 0.419. The standard InChI is InChI=1S/C31H32N4O5/c36-22-12-20(13-22)27-6-2-19-11-18(1-5-26(19)32-27)15-34-10-9-24(17-34)40-23-3-4-25-21(14-23)16-35(31(25)39)28-7-8-29(37)33-30(28)38/h1-6,11,14,20,22,24,28,36H,7-10,12-13,15-17H2,(H,33,37,38)/t20-,22-,24-,28?/m0/s1. The molecule has 206 valence electrons. The summed E-state index contributed by atoms with van der Waals surface area (Å²) in [6, 6.07) is 15.6. The van der Waals surface area contributed by atoms with E-state index in [9.17, 15) is 19.5 Å². The van der Waals surface area contributed by atoms with Crippen LogP contribution in [0.15, 0.2) is 48.5 Å². The minimum atomic E-state index is -0.616. The Morgan fingerprint density at radius 2 is 1.90 bits per heavy atom. The number of piperidine rings is 1. The zero-order valence-corrected chi connectivity index (χ0v) is 22.2. The SMILES string of the molecule is O=C1CCC(N2Cc3cc(O[C@H]4CCN(Cc5ccc6nc([C@H]7C[C@H](O)C7)ccc6c5)C4)ccc3C2=O)C(=O)N1. The van der Waals surface area contributed by atoms with Crippen molar-refractivity contribution in [3.8, 4) is 5.75 Å². The van der Waals surface area contributed by atoms with Gasteiger partial charge in [0.2, 0.25) is 11.8 Å². The van der Waals surface area contributed by atoms with Gasteiger partial charge in [-0.2, -0.15) is 0 Å². The molecule has 1 aromatic heterocycles. The molecular formula is C31H32N4O5. The molecule has 2 N–H and O–H groups in total. The van der Waals surface area contributed by atoms with Gasteiger partial charge in [-0.3, -0.25) is 29.6 Å². The Morgan fingerprint density at radius 3 is 2.73 bits per heavy atom. The van der Waals surface area contributed by atoms with Crippen LogP contribution in [-0.2, 0) is 22.7 Å². The van der Waals surface area contributed by atoms with Gasteiger partial charge in [0.05, 0.1) is 11.6 Å². The molecule has 4 aliphatic rings. The monoisotopic (exact) mass is 540 g/mol. The maximum atomic E-state index is 13.0. The zero-order valence-electron chi connectivity index (χ0n) is 22.2. The summed E-state index contributed by atoms with van der Waals surface area (Å²) in [5, 5.41) is 13.1. The van der Waals surface area contributed by atoms with Gasteiger partial charge in [0.1, 0.15) is 17.9 Å². The summed E-state index contributed by atoms with van der Waals surface area (Å²) in [5.41, 5.74) is 4.75. The summed E-state index contributed by atoms with van der Waals surface area (Å²) < 4.78 is 6.33. The van der Waals surface area contributed by atoms with Crippen LogP contribution in [0.4, 0.5) is 0 Å². The number of imide groups is 1. The molecule has 4 heterocycles. The third-order valence-corrected chi connectivity index (χ3v) is 8.74. The van der Waals surface area contributed by atoms with Crippen molar-refractivity contribution < 1.29 is 24.2 Å². The maximum Gasteiger partial charge on any atom is 0.255 e. The van der Waals surface area contributed by atoms with Gasteiger partial charge in [-0.25, -0.2) is 0 Å². The second-order valence-electron chi connectivity index (χ2n) is 11.6. The first-order valence-electron chi connectivity index (χ1n) is 14.1. The number of nitrogens with one attached hydrogen (secondary N) is 1. The summed E-state index contributed by atoms with van der Waals surface area (Å²) in [6.07, 6.45) is 3.00. The van der Waals surface area contributed by atoms with Crippen LogP contribution in [0, 0.1) is 0 Å². The van der Waals surface area contributed by atoms with E-state index in [2.05, 4.69) is 40.5 Å². The molecule has 0 radical (unpaired) electrons. The molecule has 9 heteroatoms. The van der Waals surface area contributed by atoms with Crippen LogP contribution in [0.25, 0.3) is 10.9 Å². The van der Waals surface area contributed by atoms with Crippen LogP contribution < -0.4 is 10.1 Å². The lowest BCUT2D eigenvalue weighted by atomic mass is 9.80. The van der Waals surface area contributed by atoms with Crippen LogP contribution in [0.1, 0.15) is 65.2 Å². The fourth-order valence-corrected chi connectivity index (χ4v) is 6.46. The predicted molar refractivity (Wildman–Crippen MR) is 147 cm³/mol. The van der Waals surface area contributed by atoms with Gasteiger partial charge >= 0.3 is 0 Å². The molecule has 3 aliphatic heterocycles. The molecule has 1 unspecified atom stereocenters. The Bertz CT molecular complexity index is 1520. The van der Waals surface area contributed by atoms with Gasteiger partial charge < -0.3 is 14.7 Å². The highest BCUT2D eigenvalue weighted by molar-refractivity contribution is 6.05. The first-order chi connectivity index (χ1) is 19.4. The van der Waals surface area contributed by atoms with Gasteiger partial charge in [-0.1, -0.05) is 12.1 Å². The van der Waals surface area contributed by atoms with E-state index in [1.54, 1.807) is 11.0 Å². The Kier molecular flexibility index (Phi) is 6.28. The summed E-state index contributed by atoms with van der Waals surface area (Å²) in [4.78, 5) is 45.6. The lowest BCUT2D eigenvalue weighted by Gasteiger charge is -2.30. The van der Waals surface area contributed by atoms with Crippen molar-refractivity contribution in [2.75, 3.05) is 13.1 Å². The smallest absolute Gasteiger partial charge is 0.255 e. The molecule has 1 aliphatic carbocycles. The number of fused-ring (bicyclic) bond motifs is 2. The third kappa shape index (κ3) is 4.73. The summed E-state index contributed by atoms with van der Waals surface area (Å²) >= 11 is 0. The summed E-state index contributed by atoms with van der Waals surface area (Å²) in [5.74, 6) is 0.240. The van der Waals surface area contributed by atoms with E-state index in [-0.39, 0.29) is 30.4 Å². The van der Waals surface area contributed by atoms with Crippen molar-refractivity contribution in [3.63, 3.8) is 0 Å². The Labute approximate surface area is 232 Å². The van der Waals surface area contributed by atoms with Crippen molar-refractivity contribution in [2.45, 2.75) is 69.4 Å². The molecule has 40 heavy (non-hydrogen) atoms. The van der Waals surface area contributed by atoms with E-state index in [4.69, 9.17) is 9.72 Å². The average Bonchev–Trinajstić information content (AvgIpc) is 3.49. The van der Waals surface area contributed by atoms with Crippen molar-refractivity contribution in [2.24, 2.45) is 0 Å².